The Kier molecular flexibility index (Phi) is 3.37. The molecule has 19 heavy (non-hydrogen) atoms. The zero-order valence-corrected chi connectivity index (χ0v) is 10.6. The number of aromatic nitrogens is 3. The van der Waals surface area contributed by atoms with E-state index in [0.29, 0.717) is 5.75 Å². The first-order chi connectivity index (χ1) is 8.97. The lowest BCUT2D eigenvalue weighted by Crippen LogP contribution is -2.03. The number of carbonyl (C=O) groups is 1. The summed E-state index contributed by atoms with van der Waals surface area (Å²) in [5, 5.41) is 13.0. The van der Waals surface area contributed by atoms with Gasteiger partial charge in [0.15, 0.2) is 11.4 Å². The predicted octanol–water partition coefficient (Wildman–Crippen LogP) is 1.93. The van der Waals surface area contributed by atoms with E-state index in [0.717, 1.165) is 0 Å². The van der Waals surface area contributed by atoms with Gasteiger partial charge in [-0.25, -0.2) is 9.78 Å². The number of aromatic carboxylic acids is 1. The summed E-state index contributed by atoms with van der Waals surface area (Å²) < 4.78 is 7.16. The first kappa shape index (κ1) is 12.9. The molecule has 0 atom stereocenters. The van der Waals surface area contributed by atoms with Crippen molar-refractivity contribution in [1.82, 2.24) is 14.8 Å². The second kappa shape index (κ2) is 4.97. The predicted molar refractivity (Wildman–Crippen MR) is 68.3 cm³/mol. The zero-order chi connectivity index (χ0) is 14.0. The molecule has 2 aromatic rings. The van der Waals surface area contributed by atoms with Crippen molar-refractivity contribution in [3.05, 3.63) is 30.2 Å². The van der Waals surface area contributed by atoms with E-state index in [-0.39, 0.29) is 23.3 Å². The van der Waals surface area contributed by atoms with Crippen LogP contribution >= 0.6 is 0 Å². The molecule has 0 aliphatic rings. The highest BCUT2D eigenvalue weighted by molar-refractivity contribution is 5.86. The van der Waals surface area contributed by atoms with Crippen molar-refractivity contribution in [3.63, 3.8) is 0 Å². The number of rotatable bonds is 4. The molecule has 0 saturated heterocycles. The van der Waals surface area contributed by atoms with Gasteiger partial charge >= 0.3 is 5.97 Å². The van der Waals surface area contributed by atoms with Crippen molar-refractivity contribution in [2.24, 2.45) is 0 Å². The Labute approximate surface area is 109 Å². The van der Waals surface area contributed by atoms with Gasteiger partial charge in [-0.15, -0.1) is 0 Å². The van der Waals surface area contributed by atoms with E-state index >= 15 is 0 Å². The third-order valence-corrected chi connectivity index (χ3v) is 2.43. The number of nitrogen functional groups attached to an aromatic ring is 1. The van der Waals surface area contributed by atoms with E-state index in [9.17, 15) is 4.79 Å². The molecule has 0 bridgehead atoms. The van der Waals surface area contributed by atoms with Crippen molar-refractivity contribution >= 4 is 11.7 Å². The molecule has 0 radical (unpaired) electrons. The smallest absolute Gasteiger partial charge is 0.354 e. The number of hydrogen-bond donors (Lipinski definition) is 2. The number of carboxylic acid groups (broad SMARTS) is 1. The summed E-state index contributed by atoms with van der Waals surface area (Å²) in [4.78, 5) is 14.7. The van der Waals surface area contributed by atoms with Gasteiger partial charge in [0, 0.05) is 6.04 Å². The molecule has 0 aliphatic carbocycles. The molecule has 2 rings (SSSR count). The van der Waals surface area contributed by atoms with Crippen LogP contribution in [-0.4, -0.2) is 25.8 Å². The second-order valence-electron chi connectivity index (χ2n) is 4.25. The van der Waals surface area contributed by atoms with Gasteiger partial charge < -0.3 is 15.6 Å². The minimum absolute atomic E-state index is 0.0585. The van der Waals surface area contributed by atoms with Crippen LogP contribution in [0.5, 0.6) is 11.6 Å². The molecule has 2 aromatic heterocycles. The van der Waals surface area contributed by atoms with Crippen LogP contribution in [0.4, 0.5) is 5.69 Å². The fourth-order valence-corrected chi connectivity index (χ4v) is 1.42. The Morgan fingerprint density at radius 2 is 2.21 bits per heavy atom. The van der Waals surface area contributed by atoms with Gasteiger partial charge in [-0.2, -0.15) is 5.10 Å². The third kappa shape index (κ3) is 2.82. The minimum Gasteiger partial charge on any atom is -0.477 e. The van der Waals surface area contributed by atoms with Crippen LogP contribution in [0.2, 0.25) is 0 Å². The average Bonchev–Trinajstić information content (AvgIpc) is 2.80. The van der Waals surface area contributed by atoms with Crippen LogP contribution in [0, 0.1) is 0 Å². The summed E-state index contributed by atoms with van der Waals surface area (Å²) in [6, 6.07) is 2.97. The second-order valence-corrected chi connectivity index (χ2v) is 4.25. The van der Waals surface area contributed by atoms with Crippen LogP contribution in [-0.2, 0) is 0 Å². The summed E-state index contributed by atoms with van der Waals surface area (Å²) in [5.74, 6) is -0.624. The fourth-order valence-electron chi connectivity index (χ4n) is 1.42. The van der Waals surface area contributed by atoms with Gasteiger partial charge in [0.1, 0.15) is 0 Å². The molecule has 100 valence electrons. The average molecular weight is 262 g/mol. The summed E-state index contributed by atoms with van der Waals surface area (Å²) in [6.07, 6.45) is 3.22. The standard InChI is InChI=1S/C12H14N4O3/c1-7(2)16-6-8(5-14-16)19-11-9(13)3-4-10(15-11)12(17)18/h3-7H,13H2,1-2H3,(H,17,18). The maximum atomic E-state index is 10.8. The summed E-state index contributed by atoms with van der Waals surface area (Å²) in [6.45, 7) is 3.96. The molecule has 0 saturated carbocycles. The Morgan fingerprint density at radius 3 is 2.79 bits per heavy atom. The Balaban J connectivity index is 2.26. The van der Waals surface area contributed by atoms with Crippen molar-refractivity contribution in [2.45, 2.75) is 19.9 Å². The molecule has 0 aliphatic heterocycles. The van der Waals surface area contributed by atoms with Crippen molar-refractivity contribution in [1.29, 1.82) is 0 Å². The normalized spacial score (nSPS) is 10.7. The van der Waals surface area contributed by atoms with E-state index in [1.807, 2.05) is 13.8 Å². The molecule has 0 fully saturated rings. The van der Waals surface area contributed by atoms with Gasteiger partial charge in [0.05, 0.1) is 18.1 Å². The summed E-state index contributed by atoms with van der Waals surface area (Å²) in [7, 11) is 0. The summed E-state index contributed by atoms with van der Waals surface area (Å²) in [5.41, 5.74) is 5.84. The van der Waals surface area contributed by atoms with E-state index in [1.165, 1.54) is 18.3 Å². The van der Waals surface area contributed by atoms with Gasteiger partial charge in [0.2, 0.25) is 5.88 Å². The van der Waals surface area contributed by atoms with Crippen molar-refractivity contribution in [2.75, 3.05) is 5.73 Å². The molecule has 0 unspecified atom stereocenters. The lowest BCUT2D eigenvalue weighted by molar-refractivity contribution is 0.0689. The first-order valence-electron chi connectivity index (χ1n) is 5.69. The fraction of sp³-hybridized carbons (Fsp3) is 0.250. The number of nitrogens with two attached hydrogens (primary N) is 1. The molecular formula is C12H14N4O3. The summed E-state index contributed by atoms with van der Waals surface area (Å²) >= 11 is 0. The van der Waals surface area contributed by atoms with Crippen LogP contribution in [0.15, 0.2) is 24.5 Å². The number of carboxylic acids is 1. The van der Waals surface area contributed by atoms with Crippen molar-refractivity contribution < 1.29 is 14.6 Å². The van der Waals surface area contributed by atoms with Gasteiger partial charge in [-0.05, 0) is 26.0 Å². The van der Waals surface area contributed by atoms with E-state index in [2.05, 4.69) is 10.1 Å². The van der Waals surface area contributed by atoms with Gasteiger partial charge in [-0.3, -0.25) is 4.68 Å². The lowest BCUT2D eigenvalue weighted by Gasteiger charge is -2.06. The molecule has 0 amide bonds. The zero-order valence-electron chi connectivity index (χ0n) is 10.6. The van der Waals surface area contributed by atoms with Crippen LogP contribution in [0.1, 0.15) is 30.4 Å². The SMILES string of the molecule is CC(C)n1cc(Oc2nc(C(=O)O)ccc2N)cn1. The number of nitrogens with zero attached hydrogens (tertiary/aromatic N) is 3. The van der Waals surface area contributed by atoms with Crippen molar-refractivity contribution in [3.8, 4) is 11.6 Å². The Morgan fingerprint density at radius 1 is 1.47 bits per heavy atom. The van der Waals surface area contributed by atoms with E-state index in [4.69, 9.17) is 15.6 Å². The maximum Gasteiger partial charge on any atom is 0.354 e. The Hall–Kier alpha value is -2.57. The molecule has 7 heteroatoms. The lowest BCUT2D eigenvalue weighted by atomic mass is 10.3. The number of pyridine rings is 1. The quantitative estimate of drug-likeness (QED) is 0.872. The highest BCUT2D eigenvalue weighted by Crippen LogP contribution is 2.25. The highest BCUT2D eigenvalue weighted by Gasteiger charge is 2.11. The van der Waals surface area contributed by atoms with Crippen LogP contribution in [0.3, 0.4) is 0 Å². The molecular weight excluding hydrogens is 248 g/mol. The maximum absolute atomic E-state index is 10.8. The molecule has 0 aromatic carbocycles. The molecule has 2 heterocycles. The number of anilines is 1. The topological polar surface area (TPSA) is 103 Å². The molecule has 7 nitrogen and oxygen atoms in total. The first-order valence-corrected chi connectivity index (χ1v) is 5.69. The largest absolute Gasteiger partial charge is 0.477 e. The monoisotopic (exact) mass is 262 g/mol. The van der Waals surface area contributed by atoms with E-state index < -0.39 is 5.97 Å². The Bertz CT molecular complexity index is 607. The highest BCUT2D eigenvalue weighted by atomic mass is 16.5. The van der Waals surface area contributed by atoms with E-state index in [1.54, 1.807) is 10.9 Å². The van der Waals surface area contributed by atoms with Gasteiger partial charge in [0.25, 0.3) is 0 Å². The third-order valence-electron chi connectivity index (χ3n) is 2.43. The van der Waals surface area contributed by atoms with Gasteiger partial charge in [-0.1, -0.05) is 0 Å². The number of hydrogen-bond acceptors (Lipinski definition) is 5. The molecule has 0 spiro atoms. The minimum atomic E-state index is -1.14. The number of ether oxygens (including phenoxy) is 1. The molecule has 3 N–H and O–H groups in total. The van der Waals surface area contributed by atoms with Crippen LogP contribution in [0.25, 0.3) is 0 Å². The van der Waals surface area contributed by atoms with Crippen LogP contribution < -0.4 is 10.5 Å².